The molecule has 0 saturated heterocycles. The number of benzene rings is 1. The van der Waals surface area contributed by atoms with Gasteiger partial charge in [0, 0.05) is 33.9 Å². The molecular weight excluding hydrogens is 306 g/mol. The predicted octanol–water partition coefficient (Wildman–Crippen LogP) is 4.38. The second-order valence-corrected chi connectivity index (χ2v) is 7.99. The molecule has 3 nitrogen and oxygen atoms in total. The summed E-state index contributed by atoms with van der Waals surface area (Å²) in [5.74, 6) is 0.906. The zero-order valence-corrected chi connectivity index (χ0v) is 14.7. The van der Waals surface area contributed by atoms with E-state index in [2.05, 4.69) is 30.9 Å². The van der Waals surface area contributed by atoms with Crippen molar-refractivity contribution in [2.24, 2.45) is 0 Å². The van der Waals surface area contributed by atoms with Crippen LogP contribution in [0.15, 0.2) is 18.2 Å². The molecule has 4 rings (SSSR count). The third kappa shape index (κ3) is 2.27. The van der Waals surface area contributed by atoms with E-state index in [9.17, 15) is 5.11 Å². The summed E-state index contributed by atoms with van der Waals surface area (Å²) in [5.41, 5.74) is 4.02. The molecule has 0 radical (unpaired) electrons. The molecule has 1 aromatic heterocycles. The summed E-state index contributed by atoms with van der Waals surface area (Å²) < 4.78 is 5.55. The number of rotatable bonds is 1. The van der Waals surface area contributed by atoms with Crippen molar-refractivity contribution in [3.8, 4) is 11.5 Å². The summed E-state index contributed by atoms with van der Waals surface area (Å²) in [5, 5.41) is 10.2. The summed E-state index contributed by atoms with van der Waals surface area (Å²) in [6, 6.07) is 6.97. The molecule has 0 aliphatic carbocycles. The lowest BCUT2D eigenvalue weighted by atomic mass is 9.95. The number of aromatic hydroxyl groups is 1. The minimum atomic E-state index is 0.251. The fraction of sp³-hybridized carbons (Fsp3) is 0.474. The molecule has 0 amide bonds. The van der Waals surface area contributed by atoms with Crippen LogP contribution in [0.5, 0.6) is 11.5 Å². The quantitative estimate of drug-likeness (QED) is 0.843. The molecule has 23 heavy (non-hydrogen) atoms. The van der Waals surface area contributed by atoms with Crippen molar-refractivity contribution in [2.45, 2.75) is 45.2 Å². The van der Waals surface area contributed by atoms with E-state index >= 15 is 0 Å². The average Bonchev–Trinajstić information content (AvgIpc) is 2.86. The molecule has 4 heteroatoms. The standard InChI is InChI=1S/C19H23NO2S/c1-11-10-14-15-6-4-13-5-7-16(21)19(22-3)18(13)12(2)20(15)9-8-17(14)23-11/h5,7,10,12,15,21H,4,6,8-9H2,1-3H3/t12?,15-/m0/s1. The Kier molecular flexibility index (Phi) is 3.62. The van der Waals surface area contributed by atoms with Gasteiger partial charge in [0.1, 0.15) is 0 Å². The summed E-state index contributed by atoms with van der Waals surface area (Å²) >= 11 is 1.96. The van der Waals surface area contributed by atoms with Crippen molar-refractivity contribution in [1.82, 2.24) is 4.90 Å². The van der Waals surface area contributed by atoms with Gasteiger partial charge in [0.2, 0.25) is 0 Å². The maximum Gasteiger partial charge on any atom is 0.165 e. The number of hydrogen-bond acceptors (Lipinski definition) is 4. The van der Waals surface area contributed by atoms with Gasteiger partial charge in [-0.2, -0.15) is 0 Å². The summed E-state index contributed by atoms with van der Waals surface area (Å²) in [7, 11) is 1.65. The van der Waals surface area contributed by atoms with Gasteiger partial charge in [0.05, 0.1) is 7.11 Å². The third-order valence-corrected chi connectivity index (χ3v) is 6.52. The second kappa shape index (κ2) is 5.53. The number of phenolic OH excluding ortho intramolecular Hbond substituents is 1. The number of nitrogens with zero attached hydrogens (tertiary/aromatic N) is 1. The maximum absolute atomic E-state index is 10.2. The molecule has 0 bridgehead atoms. The van der Waals surface area contributed by atoms with Gasteiger partial charge in [0.15, 0.2) is 11.5 Å². The number of thiophene rings is 1. The predicted molar refractivity (Wildman–Crippen MR) is 93.6 cm³/mol. The van der Waals surface area contributed by atoms with Crippen LogP contribution in [0, 0.1) is 6.92 Å². The van der Waals surface area contributed by atoms with E-state index < -0.39 is 0 Å². The topological polar surface area (TPSA) is 32.7 Å². The first-order valence-electron chi connectivity index (χ1n) is 8.33. The number of phenols is 1. The van der Waals surface area contributed by atoms with Crippen molar-refractivity contribution < 1.29 is 9.84 Å². The average molecular weight is 329 g/mol. The fourth-order valence-corrected chi connectivity index (χ4v) is 5.47. The zero-order valence-electron chi connectivity index (χ0n) is 13.9. The number of hydrogen-bond donors (Lipinski definition) is 1. The van der Waals surface area contributed by atoms with Gasteiger partial charge >= 0.3 is 0 Å². The van der Waals surface area contributed by atoms with E-state index in [1.807, 2.05) is 11.3 Å². The van der Waals surface area contributed by atoms with E-state index in [4.69, 9.17) is 4.74 Å². The maximum atomic E-state index is 10.2. The summed E-state index contributed by atoms with van der Waals surface area (Å²) in [4.78, 5) is 5.58. The van der Waals surface area contributed by atoms with E-state index in [1.165, 1.54) is 21.6 Å². The highest BCUT2D eigenvalue weighted by Crippen LogP contribution is 2.48. The molecule has 1 unspecified atom stereocenters. The second-order valence-electron chi connectivity index (χ2n) is 6.64. The van der Waals surface area contributed by atoms with E-state index in [1.54, 1.807) is 18.1 Å². The van der Waals surface area contributed by atoms with Gasteiger partial charge in [-0.05, 0) is 56.4 Å². The van der Waals surface area contributed by atoms with Crippen LogP contribution in [0.4, 0.5) is 0 Å². The van der Waals surface area contributed by atoms with Crippen molar-refractivity contribution in [2.75, 3.05) is 13.7 Å². The first-order chi connectivity index (χ1) is 11.1. The summed E-state index contributed by atoms with van der Waals surface area (Å²) in [6.07, 6.45) is 3.30. The Hall–Kier alpha value is -1.52. The van der Waals surface area contributed by atoms with E-state index in [-0.39, 0.29) is 11.8 Å². The normalized spacial score (nSPS) is 23.6. The van der Waals surface area contributed by atoms with Crippen LogP contribution in [0.2, 0.25) is 0 Å². The summed E-state index contributed by atoms with van der Waals surface area (Å²) in [6.45, 7) is 5.55. The minimum absolute atomic E-state index is 0.251. The van der Waals surface area contributed by atoms with Crippen molar-refractivity contribution >= 4 is 11.3 Å². The monoisotopic (exact) mass is 329 g/mol. The van der Waals surface area contributed by atoms with Crippen LogP contribution >= 0.6 is 11.3 Å². The minimum Gasteiger partial charge on any atom is -0.504 e. The Morgan fingerprint density at radius 3 is 2.91 bits per heavy atom. The molecule has 2 aliphatic heterocycles. The van der Waals surface area contributed by atoms with Crippen LogP contribution in [0.25, 0.3) is 0 Å². The lowest BCUT2D eigenvalue weighted by Gasteiger charge is -2.39. The van der Waals surface area contributed by atoms with Crippen molar-refractivity contribution in [3.63, 3.8) is 0 Å². The highest BCUT2D eigenvalue weighted by molar-refractivity contribution is 7.12. The van der Waals surface area contributed by atoms with Crippen LogP contribution in [-0.2, 0) is 12.8 Å². The Balaban J connectivity index is 1.81. The molecule has 2 atom stereocenters. The molecular formula is C19H23NO2S. The highest BCUT2D eigenvalue weighted by atomic mass is 32.1. The molecule has 3 heterocycles. The van der Waals surface area contributed by atoms with E-state index in [0.29, 0.717) is 11.8 Å². The zero-order chi connectivity index (χ0) is 16.1. The smallest absolute Gasteiger partial charge is 0.165 e. The van der Waals surface area contributed by atoms with Gasteiger partial charge in [-0.3, -0.25) is 4.90 Å². The first-order valence-corrected chi connectivity index (χ1v) is 9.15. The number of fused-ring (bicyclic) bond motifs is 4. The van der Waals surface area contributed by atoms with Crippen LogP contribution in [0.3, 0.4) is 0 Å². The Labute approximate surface area is 141 Å². The van der Waals surface area contributed by atoms with Gasteiger partial charge in [-0.15, -0.1) is 11.3 Å². The molecule has 1 N–H and O–H groups in total. The first kappa shape index (κ1) is 15.0. The lowest BCUT2D eigenvalue weighted by Crippen LogP contribution is -2.36. The molecule has 2 aromatic rings. The molecule has 0 spiro atoms. The SMILES string of the molecule is COc1c(O)ccc2c1C(C)N1CCc3sc(C)cc3[C@@H]1CC2. The van der Waals surface area contributed by atoms with Crippen LogP contribution in [-0.4, -0.2) is 23.7 Å². The van der Waals surface area contributed by atoms with Crippen LogP contribution < -0.4 is 4.74 Å². The largest absolute Gasteiger partial charge is 0.504 e. The van der Waals surface area contributed by atoms with Gasteiger partial charge in [-0.25, -0.2) is 0 Å². The van der Waals surface area contributed by atoms with Gasteiger partial charge < -0.3 is 9.84 Å². The Bertz CT molecular complexity index is 752. The molecule has 1 aromatic carbocycles. The third-order valence-electron chi connectivity index (χ3n) is 5.39. The Morgan fingerprint density at radius 1 is 1.30 bits per heavy atom. The molecule has 122 valence electrons. The molecule has 0 saturated carbocycles. The molecule has 2 aliphatic rings. The van der Waals surface area contributed by atoms with Crippen LogP contribution in [0.1, 0.15) is 51.9 Å². The van der Waals surface area contributed by atoms with E-state index in [0.717, 1.165) is 25.8 Å². The van der Waals surface area contributed by atoms with Gasteiger partial charge in [0.25, 0.3) is 0 Å². The molecule has 0 fully saturated rings. The van der Waals surface area contributed by atoms with Gasteiger partial charge in [-0.1, -0.05) is 6.07 Å². The number of methoxy groups -OCH3 is 1. The van der Waals surface area contributed by atoms with Crippen molar-refractivity contribution in [3.05, 3.63) is 44.6 Å². The number of ether oxygens (including phenoxy) is 1. The lowest BCUT2D eigenvalue weighted by molar-refractivity contribution is 0.131. The fourth-order valence-electron chi connectivity index (χ4n) is 4.39. The Morgan fingerprint density at radius 2 is 2.13 bits per heavy atom. The highest BCUT2D eigenvalue weighted by Gasteiger charge is 2.36. The van der Waals surface area contributed by atoms with Crippen molar-refractivity contribution in [1.29, 1.82) is 0 Å². The number of aryl methyl sites for hydroxylation is 2.